The summed E-state index contributed by atoms with van der Waals surface area (Å²) in [4.78, 5) is 18.0. The number of esters is 1. The monoisotopic (exact) mass is 328 g/mol. The number of hydrogen-bond acceptors (Lipinski definition) is 4. The molecular formula is C17H16N2O3S. The summed E-state index contributed by atoms with van der Waals surface area (Å²) in [6.45, 7) is 2.26. The van der Waals surface area contributed by atoms with Crippen LogP contribution in [-0.4, -0.2) is 23.0 Å². The number of aromatic nitrogens is 2. The Balaban J connectivity index is 1.87. The second kappa shape index (κ2) is 6.26. The molecule has 118 valence electrons. The van der Waals surface area contributed by atoms with Crippen molar-refractivity contribution in [2.75, 3.05) is 7.11 Å². The van der Waals surface area contributed by atoms with Crippen molar-refractivity contribution in [3.8, 4) is 5.75 Å². The van der Waals surface area contributed by atoms with Crippen molar-refractivity contribution in [1.29, 1.82) is 0 Å². The lowest BCUT2D eigenvalue weighted by molar-refractivity contribution is 0.0597. The van der Waals surface area contributed by atoms with E-state index in [-0.39, 0.29) is 12.6 Å². The van der Waals surface area contributed by atoms with Crippen LogP contribution in [0, 0.1) is 11.7 Å². The maximum Gasteiger partial charge on any atom is 0.338 e. The lowest BCUT2D eigenvalue weighted by Crippen LogP contribution is -2.07. The van der Waals surface area contributed by atoms with Gasteiger partial charge < -0.3 is 19.4 Å². The summed E-state index contributed by atoms with van der Waals surface area (Å²) in [6.07, 6.45) is 0. The normalized spacial score (nSPS) is 10.7. The topological polar surface area (TPSA) is 67.1 Å². The Morgan fingerprint density at radius 3 is 2.78 bits per heavy atom. The van der Waals surface area contributed by atoms with Gasteiger partial charge in [-0.2, -0.15) is 0 Å². The van der Waals surface area contributed by atoms with E-state index in [1.165, 1.54) is 7.11 Å². The molecule has 2 aromatic carbocycles. The number of aromatic amines is 2. The van der Waals surface area contributed by atoms with Crippen LogP contribution < -0.4 is 4.74 Å². The van der Waals surface area contributed by atoms with Crippen molar-refractivity contribution >= 4 is 29.2 Å². The number of benzene rings is 2. The highest BCUT2D eigenvalue weighted by molar-refractivity contribution is 7.71. The minimum Gasteiger partial charge on any atom is -0.489 e. The van der Waals surface area contributed by atoms with Crippen LogP contribution in [0.1, 0.15) is 21.5 Å². The first-order valence-corrected chi connectivity index (χ1v) is 7.51. The van der Waals surface area contributed by atoms with Crippen molar-refractivity contribution in [3.63, 3.8) is 0 Å². The van der Waals surface area contributed by atoms with Crippen molar-refractivity contribution in [2.24, 2.45) is 0 Å². The van der Waals surface area contributed by atoms with Crippen LogP contribution in [0.2, 0.25) is 0 Å². The molecule has 0 aliphatic rings. The Morgan fingerprint density at radius 1 is 1.22 bits per heavy atom. The van der Waals surface area contributed by atoms with Crippen LogP contribution in [0.15, 0.2) is 36.4 Å². The van der Waals surface area contributed by atoms with Crippen LogP contribution >= 0.6 is 12.2 Å². The summed E-state index contributed by atoms with van der Waals surface area (Å²) in [5.74, 6) is 0.338. The van der Waals surface area contributed by atoms with Gasteiger partial charge in [0.15, 0.2) is 4.77 Å². The van der Waals surface area contributed by atoms with Crippen molar-refractivity contribution < 1.29 is 14.3 Å². The van der Waals surface area contributed by atoms with Crippen LogP contribution in [0.25, 0.3) is 11.0 Å². The van der Waals surface area contributed by atoms with E-state index in [1.807, 2.05) is 31.2 Å². The minimum atomic E-state index is -0.370. The van der Waals surface area contributed by atoms with E-state index in [4.69, 9.17) is 21.7 Å². The molecule has 1 heterocycles. The first-order chi connectivity index (χ1) is 11.1. The molecular weight excluding hydrogens is 312 g/mol. The summed E-state index contributed by atoms with van der Waals surface area (Å²) >= 11 is 5.11. The molecule has 23 heavy (non-hydrogen) atoms. The molecule has 2 N–H and O–H groups in total. The Hall–Kier alpha value is -2.60. The summed E-state index contributed by atoms with van der Waals surface area (Å²) in [6, 6.07) is 11.1. The van der Waals surface area contributed by atoms with Crippen LogP contribution in [0.5, 0.6) is 5.75 Å². The maximum atomic E-state index is 11.8. The zero-order valence-electron chi connectivity index (χ0n) is 12.8. The summed E-state index contributed by atoms with van der Waals surface area (Å²) in [5, 5.41) is 0. The molecule has 0 amide bonds. The van der Waals surface area contributed by atoms with Gasteiger partial charge in [0.05, 0.1) is 23.7 Å². The second-order valence-corrected chi connectivity index (χ2v) is 5.59. The van der Waals surface area contributed by atoms with Gasteiger partial charge >= 0.3 is 5.97 Å². The molecule has 6 heteroatoms. The predicted molar refractivity (Wildman–Crippen MR) is 90.3 cm³/mol. The SMILES string of the molecule is COC(=O)c1ccccc1COc1cc(C)c2[nH]c(=S)[nH]c2c1. The molecule has 0 atom stereocenters. The standard InChI is InChI=1S/C17H16N2O3S/c1-10-7-12(8-14-15(10)19-17(23)18-14)22-9-11-5-3-4-6-13(11)16(20)21-2/h3-8H,9H2,1-2H3,(H2,18,19,23). The largest absolute Gasteiger partial charge is 0.489 e. The highest BCUT2D eigenvalue weighted by Crippen LogP contribution is 2.24. The van der Waals surface area contributed by atoms with Gasteiger partial charge in [-0.05, 0) is 36.8 Å². The van der Waals surface area contributed by atoms with E-state index in [9.17, 15) is 4.79 Å². The van der Waals surface area contributed by atoms with E-state index >= 15 is 0 Å². The molecule has 5 nitrogen and oxygen atoms in total. The molecule has 0 saturated carbocycles. The third-order valence-electron chi connectivity index (χ3n) is 3.61. The van der Waals surface area contributed by atoms with Gasteiger partial charge in [0.2, 0.25) is 0 Å². The fourth-order valence-electron chi connectivity index (χ4n) is 2.49. The summed E-state index contributed by atoms with van der Waals surface area (Å²) in [5.41, 5.74) is 4.18. The second-order valence-electron chi connectivity index (χ2n) is 5.18. The molecule has 3 rings (SSSR count). The zero-order valence-corrected chi connectivity index (χ0v) is 13.6. The zero-order chi connectivity index (χ0) is 16.4. The summed E-state index contributed by atoms with van der Waals surface area (Å²) in [7, 11) is 1.37. The smallest absolute Gasteiger partial charge is 0.338 e. The lowest BCUT2D eigenvalue weighted by atomic mass is 10.1. The predicted octanol–water partition coefficient (Wildman–Crippen LogP) is 3.90. The minimum absolute atomic E-state index is 0.279. The van der Waals surface area contributed by atoms with Crippen LogP contribution in [0.3, 0.4) is 0 Å². The highest BCUT2D eigenvalue weighted by atomic mass is 32.1. The van der Waals surface area contributed by atoms with E-state index in [2.05, 4.69) is 9.97 Å². The van der Waals surface area contributed by atoms with Gasteiger partial charge in [0.1, 0.15) is 12.4 Å². The number of nitrogens with one attached hydrogen (secondary N) is 2. The average Bonchev–Trinajstić information content (AvgIpc) is 2.93. The van der Waals surface area contributed by atoms with E-state index in [0.29, 0.717) is 16.1 Å². The van der Waals surface area contributed by atoms with Crippen LogP contribution in [0.4, 0.5) is 0 Å². The number of carbonyl (C=O) groups is 1. The van der Waals surface area contributed by atoms with Gasteiger partial charge in [-0.15, -0.1) is 0 Å². The Bertz CT molecular complexity index is 927. The number of aryl methyl sites for hydroxylation is 1. The highest BCUT2D eigenvalue weighted by Gasteiger charge is 2.12. The molecule has 0 radical (unpaired) electrons. The van der Waals surface area contributed by atoms with E-state index in [1.54, 1.807) is 12.1 Å². The van der Waals surface area contributed by atoms with Gasteiger partial charge in [-0.25, -0.2) is 4.79 Å². The van der Waals surface area contributed by atoms with Gasteiger partial charge in [0, 0.05) is 11.6 Å². The van der Waals surface area contributed by atoms with Crippen molar-refractivity contribution in [3.05, 3.63) is 57.9 Å². The first kappa shape index (κ1) is 15.3. The molecule has 0 spiro atoms. The first-order valence-electron chi connectivity index (χ1n) is 7.10. The fourth-order valence-corrected chi connectivity index (χ4v) is 2.70. The summed E-state index contributed by atoms with van der Waals surface area (Å²) < 4.78 is 11.2. The molecule has 0 saturated heterocycles. The Kier molecular flexibility index (Phi) is 4.16. The molecule has 0 aliphatic heterocycles. The molecule has 3 aromatic rings. The number of ether oxygens (including phenoxy) is 2. The Labute approximate surface area is 138 Å². The van der Waals surface area contributed by atoms with Gasteiger partial charge in [-0.1, -0.05) is 18.2 Å². The third-order valence-corrected chi connectivity index (χ3v) is 3.82. The molecule has 0 unspecified atom stereocenters. The number of carbonyl (C=O) groups excluding carboxylic acids is 1. The maximum absolute atomic E-state index is 11.8. The number of imidazole rings is 1. The number of rotatable bonds is 4. The number of hydrogen-bond donors (Lipinski definition) is 2. The number of fused-ring (bicyclic) bond motifs is 1. The van der Waals surface area contributed by atoms with Gasteiger partial charge in [-0.3, -0.25) is 0 Å². The van der Waals surface area contributed by atoms with Gasteiger partial charge in [0.25, 0.3) is 0 Å². The Morgan fingerprint density at radius 2 is 2.00 bits per heavy atom. The molecule has 0 bridgehead atoms. The lowest BCUT2D eigenvalue weighted by Gasteiger charge is -2.10. The third kappa shape index (κ3) is 3.12. The van der Waals surface area contributed by atoms with Crippen LogP contribution in [-0.2, 0) is 11.3 Å². The molecule has 1 aromatic heterocycles. The number of methoxy groups -OCH3 is 1. The van der Waals surface area contributed by atoms with E-state index < -0.39 is 0 Å². The van der Waals surface area contributed by atoms with Crippen molar-refractivity contribution in [1.82, 2.24) is 9.97 Å². The molecule has 0 fully saturated rings. The quantitative estimate of drug-likeness (QED) is 0.563. The molecule has 0 aliphatic carbocycles. The fraction of sp³-hybridized carbons (Fsp3) is 0.176. The average molecular weight is 328 g/mol. The number of H-pyrrole nitrogens is 2. The van der Waals surface area contributed by atoms with Crippen molar-refractivity contribution in [2.45, 2.75) is 13.5 Å². The van der Waals surface area contributed by atoms with E-state index in [0.717, 1.165) is 22.2 Å².